The maximum Gasteiger partial charge on any atom is 0.0972 e. The summed E-state index contributed by atoms with van der Waals surface area (Å²) in [5, 5.41) is 38.4. The van der Waals surface area contributed by atoms with Gasteiger partial charge in [0.15, 0.2) is 0 Å². The molecule has 6 rings (SSSR count). The number of aromatic nitrogens is 1. The van der Waals surface area contributed by atoms with Crippen LogP contribution in [0.15, 0.2) is 42.6 Å². The normalized spacial score (nSPS) is 40.5. The van der Waals surface area contributed by atoms with Crippen LogP contribution in [0.25, 0.3) is 16.5 Å². The summed E-state index contributed by atoms with van der Waals surface area (Å²) in [4.78, 5) is 4.46. The first-order chi connectivity index (χ1) is 16.7. The predicted octanol–water partition coefficient (Wildman–Crippen LogP) is 4.70. The second-order valence-corrected chi connectivity index (χ2v) is 11.9. The number of nitrogens with one attached hydrogen (secondary N) is 1. The lowest BCUT2D eigenvalue weighted by Crippen LogP contribution is -2.64. The van der Waals surface area contributed by atoms with Crippen molar-refractivity contribution in [3.05, 3.63) is 48.2 Å². The smallest absolute Gasteiger partial charge is 0.0972 e. The van der Waals surface area contributed by atoms with Gasteiger partial charge in [-0.3, -0.25) is 4.98 Å². The minimum atomic E-state index is -1.07. The van der Waals surface area contributed by atoms with Crippen molar-refractivity contribution in [3.8, 4) is 0 Å². The summed E-state index contributed by atoms with van der Waals surface area (Å²) in [6.45, 7) is 2.31. The van der Waals surface area contributed by atoms with Crippen LogP contribution in [0.2, 0.25) is 0 Å². The van der Waals surface area contributed by atoms with Gasteiger partial charge in [-0.05, 0) is 118 Å². The van der Waals surface area contributed by atoms with Crippen LogP contribution in [-0.2, 0) is 0 Å². The topological polar surface area (TPSA) is 85.6 Å². The highest BCUT2D eigenvalue weighted by molar-refractivity contribution is 5.85. The van der Waals surface area contributed by atoms with Crippen LogP contribution < -0.4 is 5.32 Å². The molecule has 0 spiro atoms. The molecule has 0 saturated heterocycles. The first kappa shape index (κ1) is 24.9. The van der Waals surface area contributed by atoms with Gasteiger partial charge in [0.05, 0.1) is 22.8 Å². The highest BCUT2D eigenvalue weighted by Gasteiger charge is 2.65. The molecule has 0 aliphatic heterocycles. The average Bonchev–Trinajstić information content (AvgIpc) is 3.14. The summed E-state index contributed by atoms with van der Waals surface area (Å²) >= 11 is 0. The van der Waals surface area contributed by atoms with E-state index in [9.17, 15) is 15.3 Å². The Hall–Kier alpha value is -1.79. The molecule has 5 heteroatoms. The van der Waals surface area contributed by atoms with Crippen molar-refractivity contribution in [3.63, 3.8) is 0 Å². The molecule has 1 heterocycles. The first-order valence-electron chi connectivity index (χ1n) is 13.5. The fraction of sp³-hybridized carbons (Fsp3) is 0.633. The van der Waals surface area contributed by atoms with Crippen molar-refractivity contribution in [2.75, 3.05) is 14.1 Å². The molecule has 3 fully saturated rings. The maximum atomic E-state index is 12.3. The van der Waals surface area contributed by atoms with Crippen LogP contribution in [0.5, 0.6) is 0 Å². The van der Waals surface area contributed by atoms with Crippen LogP contribution in [0.1, 0.15) is 70.3 Å². The number of aliphatic hydroxyl groups excluding tert-OH is 1. The highest BCUT2D eigenvalue weighted by Crippen LogP contribution is 2.65. The number of hydrogen-bond acceptors (Lipinski definition) is 5. The number of benzene rings is 1. The number of nitrogens with zero attached hydrogens (tertiary/aromatic N) is 1. The number of rotatable bonds is 1. The van der Waals surface area contributed by atoms with Crippen molar-refractivity contribution in [2.24, 2.45) is 23.2 Å². The number of aliphatic hydroxyl groups is 3. The molecular formula is C30H42N2O3. The van der Waals surface area contributed by atoms with Crippen molar-refractivity contribution >= 4 is 16.5 Å². The number of hydrogen-bond donors (Lipinski definition) is 4. The van der Waals surface area contributed by atoms with E-state index in [0.29, 0.717) is 31.1 Å². The molecule has 3 saturated carbocycles. The molecule has 190 valence electrons. The molecular weight excluding hydrogens is 436 g/mol. The molecule has 0 amide bonds. The second kappa shape index (κ2) is 9.26. The zero-order valence-corrected chi connectivity index (χ0v) is 21.5. The molecule has 1 aromatic carbocycles. The van der Waals surface area contributed by atoms with Crippen LogP contribution in [0.4, 0.5) is 0 Å². The highest BCUT2D eigenvalue weighted by atomic mass is 16.4. The Morgan fingerprint density at radius 2 is 1.80 bits per heavy atom. The van der Waals surface area contributed by atoms with Crippen LogP contribution in [0.3, 0.4) is 0 Å². The quantitative estimate of drug-likeness (QED) is 0.478. The second-order valence-electron chi connectivity index (χ2n) is 11.9. The Morgan fingerprint density at radius 1 is 1.00 bits per heavy atom. The van der Waals surface area contributed by atoms with Gasteiger partial charge in [0.2, 0.25) is 0 Å². The molecule has 5 nitrogen and oxygen atoms in total. The fourth-order valence-corrected chi connectivity index (χ4v) is 8.10. The molecule has 0 bridgehead atoms. The molecule has 6 unspecified atom stereocenters. The van der Waals surface area contributed by atoms with Crippen LogP contribution in [-0.4, -0.2) is 51.7 Å². The Balaban J connectivity index is 0.000000806. The van der Waals surface area contributed by atoms with Gasteiger partial charge in [-0.2, -0.15) is 0 Å². The van der Waals surface area contributed by atoms with E-state index in [1.165, 1.54) is 11.1 Å². The van der Waals surface area contributed by atoms with Gasteiger partial charge in [0, 0.05) is 17.5 Å². The molecule has 4 aliphatic carbocycles. The average molecular weight is 479 g/mol. The van der Waals surface area contributed by atoms with Gasteiger partial charge in [-0.1, -0.05) is 25.1 Å². The van der Waals surface area contributed by atoms with E-state index in [4.69, 9.17) is 0 Å². The first-order valence-corrected chi connectivity index (χ1v) is 13.5. The zero-order chi connectivity index (χ0) is 24.8. The molecule has 0 radical (unpaired) electrons. The van der Waals surface area contributed by atoms with Crippen molar-refractivity contribution < 1.29 is 15.3 Å². The summed E-state index contributed by atoms with van der Waals surface area (Å²) in [5.74, 6) is 0.868. The lowest BCUT2D eigenvalue weighted by Gasteiger charge is -2.57. The van der Waals surface area contributed by atoms with Crippen molar-refractivity contribution in [1.29, 1.82) is 0 Å². The number of pyridine rings is 1. The fourth-order valence-electron chi connectivity index (χ4n) is 8.10. The zero-order valence-electron chi connectivity index (χ0n) is 21.5. The van der Waals surface area contributed by atoms with Gasteiger partial charge in [-0.15, -0.1) is 0 Å². The largest absolute Gasteiger partial charge is 0.393 e. The van der Waals surface area contributed by atoms with Gasteiger partial charge in [0.1, 0.15) is 0 Å². The number of allylic oxidation sites excluding steroid dienone is 2. The van der Waals surface area contributed by atoms with Gasteiger partial charge < -0.3 is 20.6 Å². The summed E-state index contributed by atoms with van der Waals surface area (Å²) in [6.07, 6.45) is 11.2. The summed E-state index contributed by atoms with van der Waals surface area (Å²) in [5.41, 5.74) is 1.27. The van der Waals surface area contributed by atoms with Gasteiger partial charge in [-0.25, -0.2) is 0 Å². The lowest BCUT2D eigenvalue weighted by atomic mass is 9.52. The standard InChI is InChI=1S/C28H35NO3.C2H7N/c1-26-12-13-27(31)17-21-16-22(30)6-4-18(21)10-11-28(27,32)25(26)9-7-23(26)19-5-8-24-20(15-19)3-2-14-29-24;1-3-2/h2-3,5,7-8,14-15,18,21-22,25,30-32H,4,6,9-13,16-17H2,1H3;3H,1-2H3/t18?,21?,22?,25?,26?,27?,28-;/m0./s1. The van der Waals surface area contributed by atoms with Crippen molar-refractivity contribution in [1.82, 2.24) is 10.3 Å². The third kappa shape index (κ3) is 4.05. The Bertz CT molecular complexity index is 1100. The van der Waals surface area contributed by atoms with E-state index in [-0.39, 0.29) is 17.4 Å². The van der Waals surface area contributed by atoms with E-state index in [0.717, 1.165) is 49.4 Å². The van der Waals surface area contributed by atoms with E-state index in [1.807, 2.05) is 26.4 Å². The Labute approximate surface area is 209 Å². The minimum Gasteiger partial charge on any atom is -0.393 e. The van der Waals surface area contributed by atoms with E-state index < -0.39 is 11.2 Å². The lowest BCUT2D eigenvalue weighted by molar-refractivity contribution is -0.228. The SMILES string of the molecule is CC12CCC3(O)CC4CC(O)CCC4CC[C@]3(O)C1CC=C2c1ccc2ncccc2c1.CNC. The van der Waals surface area contributed by atoms with E-state index >= 15 is 0 Å². The van der Waals surface area contributed by atoms with Crippen LogP contribution >= 0.6 is 0 Å². The third-order valence-electron chi connectivity index (χ3n) is 9.90. The summed E-state index contributed by atoms with van der Waals surface area (Å²) in [6, 6.07) is 10.6. The van der Waals surface area contributed by atoms with E-state index in [2.05, 4.69) is 47.6 Å². The van der Waals surface area contributed by atoms with Crippen molar-refractivity contribution in [2.45, 2.75) is 82.0 Å². The molecule has 35 heavy (non-hydrogen) atoms. The van der Waals surface area contributed by atoms with Gasteiger partial charge in [0.25, 0.3) is 0 Å². The summed E-state index contributed by atoms with van der Waals surface area (Å²) in [7, 11) is 3.75. The Kier molecular flexibility index (Phi) is 6.58. The molecule has 4 aliphatic rings. The molecule has 4 N–H and O–H groups in total. The molecule has 7 atom stereocenters. The van der Waals surface area contributed by atoms with Crippen LogP contribution in [0, 0.1) is 23.2 Å². The predicted molar refractivity (Wildman–Crippen MR) is 141 cm³/mol. The maximum absolute atomic E-state index is 12.3. The number of fused-ring (bicyclic) bond motifs is 5. The van der Waals surface area contributed by atoms with E-state index in [1.54, 1.807) is 0 Å². The summed E-state index contributed by atoms with van der Waals surface area (Å²) < 4.78 is 0. The minimum absolute atomic E-state index is 0.0263. The molecule has 2 aromatic rings. The molecule has 1 aromatic heterocycles. The third-order valence-corrected chi connectivity index (χ3v) is 9.90. The van der Waals surface area contributed by atoms with Gasteiger partial charge >= 0.3 is 0 Å². The Morgan fingerprint density at radius 3 is 2.60 bits per heavy atom. The monoisotopic (exact) mass is 478 g/mol.